The van der Waals surface area contributed by atoms with E-state index >= 15 is 0 Å². The largest absolute Gasteiger partial charge is 0.459 e. The number of nitrogens with one attached hydrogen (secondary N) is 2. The Bertz CT molecular complexity index is 1140. The average Bonchev–Trinajstić information content (AvgIpc) is 3.46. The summed E-state index contributed by atoms with van der Waals surface area (Å²) in [6.45, 7) is 1.94. The predicted octanol–water partition coefficient (Wildman–Crippen LogP) is 5.77. The number of rotatable bonds is 8. The van der Waals surface area contributed by atoms with Gasteiger partial charge < -0.3 is 15.1 Å². The fourth-order valence-corrected chi connectivity index (χ4v) is 4.51. The van der Waals surface area contributed by atoms with Crippen molar-refractivity contribution in [2.45, 2.75) is 45.1 Å². The number of aryl methyl sites for hydroxylation is 1. The van der Waals surface area contributed by atoms with E-state index in [2.05, 4.69) is 15.6 Å². The van der Waals surface area contributed by atoms with Crippen molar-refractivity contribution in [3.8, 4) is 0 Å². The molecule has 1 aliphatic rings. The van der Waals surface area contributed by atoms with Crippen molar-refractivity contribution in [2.75, 3.05) is 11.9 Å². The van der Waals surface area contributed by atoms with Crippen molar-refractivity contribution in [3.63, 3.8) is 0 Å². The average molecular weight is 456 g/mol. The van der Waals surface area contributed by atoms with E-state index in [0.29, 0.717) is 17.1 Å². The molecule has 2 N–H and O–H groups in total. The van der Waals surface area contributed by atoms with Crippen LogP contribution in [0.25, 0.3) is 11.0 Å². The first-order valence-electron chi connectivity index (χ1n) is 11.1. The van der Waals surface area contributed by atoms with Gasteiger partial charge in [-0.1, -0.05) is 12.8 Å². The van der Waals surface area contributed by atoms with Crippen molar-refractivity contribution >= 4 is 28.5 Å². The Hall–Kier alpha value is -3.42. The lowest BCUT2D eigenvalue weighted by Crippen LogP contribution is -2.26. The summed E-state index contributed by atoms with van der Waals surface area (Å²) >= 11 is 0. The van der Waals surface area contributed by atoms with Crippen LogP contribution in [0, 0.1) is 18.7 Å². The summed E-state index contributed by atoms with van der Waals surface area (Å²) in [7, 11) is 0. The molecule has 1 heterocycles. The molecule has 3 aromatic rings. The molecule has 0 radical (unpaired) electrons. The second-order valence-electron chi connectivity index (χ2n) is 8.43. The van der Waals surface area contributed by atoms with Crippen molar-refractivity contribution < 1.29 is 27.9 Å². The third-order valence-electron chi connectivity index (χ3n) is 6.26. The van der Waals surface area contributed by atoms with Gasteiger partial charge in [0.2, 0.25) is 0 Å². The summed E-state index contributed by atoms with van der Waals surface area (Å²) in [5.41, 5.74) is 2.84. The number of hydrogen-bond acceptors (Lipinski definition) is 5. The smallest absolute Gasteiger partial charge is 0.350 e. The summed E-state index contributed by atoms with van der Waals surface area (Å²) in [4.78, 5) is 26.1. The Balaban J connectivity index is 1.51. The maximum absolute atomic E-state index is 13.8. The number of anilines is 1. The van der Waals surface area contributed by atoms with Gasteiger partial charge in [0, 0.05) is 33.3 Å². The zero-order valence-electron chi connectivity index (χ0n) is 18.3. The minimum atomic E-state index is -1.03. The molecule has 0 spiro atoms. The van der Waals surface area contributed by atoms with E-state index in [1.165, 1.54) is 12.1 Å². The zero-order valence-corrected chi connectivity index (χ0v) is 18.3. The molecule has 0 saturated heterocycles. The summed E-state index contributed by atoms with van der Waals surface area (Å²) in [5.74, 6) is -0.498. The number of carbonyl (C=O) groups excluding carboxylic acids is 2. The quantitative estimate of drug-likeness (QED) is 0.450. The number of hydrogen-bond donors (Lipinski definition) is 2. The van der Waals surface area contributed by atoms with Crippen LogP contribution in [0.2, 0.25) is 0 Å². The Morgan fingerprint density at radius 3 is 2.58 bits per heavy atom. The Kier molecular flexibility index (Phi) is 6.91. The Morgan fingerprint density at radius 2 is 1.88 bits per heavy atom. The lowest BCUT2D eigenvalue weighted by molar-refractivity contribution is -0.183. The third-order valence-corrected chi connectivity index (χ3v) is 6.26. The highest BCUT2D eigenvalue weighted by atomic mass is 19.3. The molecule has 6 nitrogen and oxygen atoms in total. The Labute approximate surface area is 190 Å². The van der Waals surface area contributed by atoms with Crippen molar-refractivity contribution in [1.29, 1.82) is 0 Å². The molecule has 1 saturated carbocycles. The maximum atomic E-state index is 13.8. The molecule has 2 aromatic carbocycles. The van der Waals surface area contributed by atoms with Crippen LogP contribution in [0.1, 0.15) is 59.8 Å². The molecule has 174 valence electrons. The van der Waals surface area contributed by atoms with Gasteiger partial charge in [0.25, 0.3) is 5.91 Å². The van der Waals surface area contributed by atoms with Gasteiger partial charge in [-0.15, -0.1) is 0 Å². The van der Waals surface area contributed by atoms with Gasteiger partial charge in [0.05, 0.1) is 12.5 Å². The van der Waals surface area contributed by atoms with E-state index in [9.17, 15) is 18.5 Å². The highest BCUT2D eigenvalue weighted by Crippen LogP contribution is 2.41. The second kappa shape index (κ2) is 10.0. The van der Waals surface area contributed by atoms with Gasteiger partial charge in [0.1, 0.15) is 17.2 Å². The molecule has 1 atom stereocenters. The van der Waals surface area contributed by atoms with E-state index in [0.717, 1.165) is 48.1 Å². The third kappa shape index (κ3) is 5.16. The fourth-order valence-electron chi connectivity index (χ4n) is 4.51. The lowest BCUT2D eigenvalue weighted by atomic mass is 9.93. The standard InChI is InChI=1S/C25H26F2N2O4/c1-15-20-14-18(26)8-11-21(20)32-24(15)23(16-4-2-3-5-16)29-19-9-6-17(7-10-19)25(31)28-13-12-22(30)33-27/h6-11,14,16,23,29H,2-5,12-13H2,1H3,(H,28,31). The van der Waals surface area contributed by atoms with Crippen LogP contribution in [0.15, 0.2) is 46.9 Å². The molecule has 0 aliphatic heterocycles. The van der Waals surface area contributed by atoms with Gasteiger partial charge in [-0.2, -0.15) is 0 Å². The molecule has 1 fully saturated rings. The number of halogens is 2. The highest BCUT2D eigenvalue weighted by molar-refractivity contribution is 5.94. The van der Waals surface area contributed by atoms with Gasteiger partial charge in [-0.05, 0) is 68.1 Å². The van der Waals surface area contributed by atoms with Crippen LogP contribution in [0.5, 0.6) is 0 Å². The monoisotopic (exact) mass is 456 g/mol. The molecule has 8 heteroatoms. The van der Waals surface area contributed by atoms with E-state index in [1.54, 1.807) is 18.2 Å². The normalized spacial score (nSPS) is 14.9. The molecule has 1 unspecified atom stereocenters. The van der Waals surface area contributed by atoms with E-state index < -0.39 is 5.97 Å². The molecule has 0 bridgehead atoms. The van der Waals surface area contributed by atoms with Crippen LogP contribution in [0.3, 0.4) is 0 Å². The second-order valence-corrected chi connectivity index (χ2v) is 8.43. The van der Waals surface area contributed by atoms with Crippen LogP contribution in [-0.2, 0) is 9.74 Å². The van der Waals surface area contributed by atoms with Gasteiger partial charge in [-0.3, -0.25) is 9.74 Å². The van der Waals surface area contributed by atoms with E-state index in [1.807, 2.05) is 19.1 Å². The SMILES string of the molecule is Cc1c(C(Nc2ccc(C(=O)NCCC(=O)OF)cc2)C2CCCC2)oc2ccc(F)cc12. The fraction of sp³-hybridized carbons (Fsp3) is 0.360. The van der Waals surface area contributed by atoms with Crippen LogP contribution < -0.4 is 10.6 Å². The minimum Gasteiger partial charge on any atom is -0.459 e. The molecule has 1 amide bonds. The topological polar surface area (TPSA) is 80.6 Å². The predicted molar refractivity (Wildman–Crippen MR) is 120 cm³/mol. The van der Waals surface area contributed by atoms with E-state index in [-0.39, 0.29) is 30.7 Å². The number of carbonyl (C=O) groups is 2. The number of furan rings is 1. The zero-order chi connectivity index (χ0) is 23.4. The lowest BCUT2D eigenvalue weighted by Gasteiger charge is -2.25. The maximum Gasteiger partial charge on any atom is 0.350 e. The van der Waals surface area contributed by atoms with Gasteiger partial charge in [-0.25, -0.2) is 9.18 Å². The molecular weight excluding hydrogens is 430 g/mol. The molecule has 4 rings (SSSR count). The first-order chi connectivity index (χ1) is 16.0. The summed E-state index contributed by atoms with van der Waals surface area (Å²) in [6.07, 6.45) is 4.22. The molecule has 1 aliphatic carbocycles. The van der Waals surface area contributed by atoms with Crippen molar-refractivity contribution in [3.05, 3.63) is 65.2 Å². The molecular formula is C25H26F2N2O4. The van der Waals surface area contributed by atoms with Crippen molar-refractivity contribution in [2.24, 2.45) is 5.92 Å². The van der Waals surface area contributed by atoms with Crippen LogP contribution in [-0.4, -0.2) is 18.4 Å². The summed E-state index contributed by atoms with van der Waals surface area (Å²) in [5, 5.41) is 6.89. The first-order valence-corrected chi connectivity index (χ1v) is 11.1. The summed E-state index contributed by atoms with van der Waals surface area (Å²) in [6, 6.07) is 11.5. The highest BCUT2D eigenvalue weighted by Gasteiger charge is 2.31. The minimum absolute atomic E-state index is 0.0166. The van der Waals surface area contributed by atoms with Crippen LogP contribution >= 0.6 is 0 Å². The molecule has 1 aromatic heterocycles. The van der Waals surface area contributed by atoms with Gasteiger partial charge >= 0.3 is 5.97 Å². The van der Waals surface area contributed by atoms with E-state index in [4.69, 9.17) is 4.42 Å². The van der Waals surface area contributed by atoms with Gasteiger partial charge in [0.15, 0.2) is 0 Å². The number of fused-ring (bicyclic) bond motifs is 1. The number of benzene rings is 2. The summed E-state index contributed by atoms with van der Waals surface area (Å²) < 4.78 is 31.7. The van der Waals surface area contributed by atoms with Crippen LogP contribution in [0.4, 0.5) is 14.6 Å². The number of amides is 1. The van der Waals surface area contributed by atoms with Crippen molar-refractivity contribution in [1.82, 2.24) is 5.32 Å². The first kappa shape index (κ1) is 22.8. The molecule has 33 heavy (non-hydrogen) atoms. The Morgan fingerprint density at radius 1 is 1.15 bits per heavy atom.